The number of piperidine rings is 1. The van der Waals surface area contributed by atoms with Gasteiger partial charge in [0.05, 0.1) is 0 Å². The Hall–Kier alpha value is -2.33. The van der Waals surface area contributed by atoms with E-state index in [0.29, 0.717) is 25.0 Å². The molecule has 1 aliphatic rings. The lowest BCUT2D eigenvalue weighted by Crippen LogP contribution is -2.54. The summed E-state index contributed by atoms with van der Waals surface area (Å²) in [6, 6.07) is 19.9. The van der Waals surface area contributed by atoms with Gasteiger partial charge in [-0.15, -0.1) is 0 Å². The van der Waals surface area contributed by atoms with E-state index in [0.717, 1.165) is 6.42 Å². The normalized spacial score (nSPS) is 20.0. The maximum atomic E-state index is 12.6. The highest BCUT2D eigenvalue weighted by Gasteiger charge is 2.34. The van der Waals surface area contributed by atoms with Crippen molar-refractivity contribution in [1.29, 1.82) is 0 Å². The van der Waals surface area contributed by atoms with E-state index in [2.05, 4.69) is 67.7 Å². The standard InChI is InChI=1S/C25H34N2O2/c1-18(2)26-23-17-27(24(28)29-25(3,4)5)15-14-22(23)21-13-9-12-20(16-21)19-10-7-6-8-11-19/h6-13,16,18,22-23,26H,14-15,17H2,1-5H3/t22?,23-/m0/s1. The first-order chi connectivity index (χ1) is 13.7. The van der Waals surface area contributed by atoms with E-state index >= 15 is 0 Å². The number of hydrogen-bond acceptors (Lipinski definition) is 3. The van der Waals surface area contributed by atoms with E-state index in [-0.39, 0.29) is 12.1 Å². The number of carbonyl (C=O) groups excluding carboxylic acids is 1. The van der Waals surface area contributed by atoms with Gasteiger partial charge in [-0.05, 0) is 43.9 Å². The zero-order valence-electron chi connectivity index (χ0n) is 18.3. The van der Waals surface area contributed by atoms with Crippen LogP contribution in [0, 0.1) is 0 Å². The molecule has 1 N–H and O–H groups in total. The summed E-state index contributed by atoms with van der Waals surface area (Å²) in [5.41, 5.74) is 3.32. The molecule has 4 heteroatoms. The summed E-state index contributed by atoms with van der Waals surface area (Å²) in [7, 11) is 0. The molecule has 1 amide bonds. The lowest BCUT2D eigenvalue weighted by Gasteiger charge is -2.40. The molecule has 0 bridgehead atoms. The lowest BCUT2D eigenvalue weighted by atomic mass is 9.84. The van der Waals surface area contributed by atoms with Crippen molar-refractivity contribution in [3.63, 3.8) is 0 Å². The molecule has 1 aliphatic heterocycles. The number of hydrogen-bond donors (Lipinski definition) is 1. The summed E-state index contributed by atoms with van der Waals surface area (Å²) >= 11 is 0. The van der Waals surface area contributed by atoms with Gasteiger partial charge < -0.3 is 15.0 Å². The van der Waals surface area contributed by atoms with Crippen molar-refractivity contribution in [2.24, 2.45) is 0 Å². The van der Waals surface area contributed by atoms with Gasteiger partial charge in [-0.3, -0.25) is 0 Å². The van der Waals surface area contributed by atoms with Crippen LogP contribution >= 0.6 is 0 Å². The Morgan fingerprint density at radius 1 is 1.07 bits per heavy atom. The average molecular weight is 395 g/mol. The predicted molar refractivity (Wildman–Crippen MR) is 119 cm³/mol. The minimum atomic E-state index is -0.473. The molecule has 156 valence electrons. The van der Waals surface area contributed by atoms with Gasteiger partial charge in [-0.1, -0.05) is 68.4 Å². The summed E-state index contributed by atoms with van der Waals surface area (Å²) in [5.74, 6) is 0.361. The smallest absolute Gasteiger partial charge is 0.410 e. The maximum Gasteiger partial charge on any atom is 0.410 e. The molecule has 1 heterocycles. The first kappa shape index (κ1) is 21.4. The highest BCUT2D eigenvalue weighted by Crippen LogP contribution is 2.32. The molecule has 0 saturated carbocycles. The number of ether oxygens (including phenoxy) is 1. The second-order valence-corrected chi connectivity index (χ2v) is 9.24. The van der Waals surface area contributed by atoms with Gasteiger partial charge in [0, 0.05) is 31.1 Å². The summed E-state index contributed by atoms with van der Waals surface area (Å²) in [6.45, 7) is 11.4. The highest BCUT2D eigenvalue weighted by molar-refractivity contribution is 5.68. The average Bonchev–Trinajstić information content (AvgIpc) is 2.67. The minimum absolute atomic E-state index is 0.197. The molecule has 2 atom stereocenters. The van der Waals surface area contributed by atoms with E-state index in [9.17, 15) is 4.79 Å². The van der Waals surface area contributed by atoms with Crippen molar-refractivity contribution < 1.29 is 9.53 Å². The van der Waals surface area contributed by atoms with E-state index in [1.54, 1.807) is 0 Å². The summed E-state index contributed by atoms with van der Waals surface area (Å²) in [5, 5.41) is 3.69. The van der Waals surface area contributed by atoms with Gasteiger partial charge >= 0.3 is 6.09 Å². The van der Waals surface area contributed by atoms with Crippen LogP contribution in [0.25, 0.3) is 11.1 Å². The first-order valence-electron chi connectivity index (χ1n) is 10.6. The molecule has 0 spiro atoms. The summed E-state index contributed by atoms with van der Waals surface area (Å²) < 4.78 is 5.61. The van der Waals surface area contributed by atoms with Crippen molar-refractivity contribution in [3.8, 4) is 11.1 Å². The van der Waals surface area contributed by atoms with E-state index < -0.39 is 5.60 Å². The molecule has 4 nitrogen and oxygen atoms in total. The van der Waals surface area contributed by atoms with E-state index in [1.165, 1.54) is 16.7 Å². The lowest BCUT2D eigenvalue weighted by molar-refractivity contribution is 0.0167. The van der Waals surface area contributed by atoms with Gasteiger partial charge in [0.15, 0.2) is 0 Å². The summed E-state index contributed by atoms with van der Waals surface area (Å²) in [6.07, 6.45) is 0.701. The zero-order valence-corrected chi connectivity index (χ0v) is 18.3. The second-order valence-electron chi connectivity index (χ2n) is 9.24. The third-order valence-corrected chi connectivity index (χ3v) is 5.23. The molecule has 1 saturated heterocycles. The van der Waals surface area contributed by atoms with Crippen LogP contribution in [0.1, 0.15) is 52.5 Å². The molecule has 0 aromatic heterocycles. The quantitative estimate of drug-likeness (QED) is 0.750. The van der Waals surface area contributed by atoms with Crippen LogP contribution in [0.4, 0.5) is 4.79 Å². The largest absolute Gasteiger partial charge is 0.444 e. The molecular formula is C25H34N2O2. The first-order valence-corrected chi connectivity index (χ1v) is 10.6. The number of nitrogens with one attached hydrogen (secondary N) is 1. The van der Waals surface area contributed by atoms with Gasteiger partial charge in [-0.2, -0.15) is 0 Å². The summed E-state index contributed by atoms with van der Waals surface area (Å²) in [4.78, 5) is 14.5. The molecule has 0 aliphatic carbocycles. The molecule has 2 aromatic carbocycles. The van der Waals surface area contributed by atoms with Crippen molar-refractivity contribution in [1.82, 2.24) is 10.2 Å². The number of nitrogens with zero attached hydrogens (tertiary/aromatic N) is 1. The molecular weight excluding hydrogens is 360 g/mol. The van der Waals surface area contributed by atoms with Crippen LogP contribution < -0.4 is 5.32 Å². The highest BCUT2D eigenvalue weighted by atomic mass is 16.6. The molecule has 0 radical (unpaired) electrons. The van der Waals surface area contributed by atoms with Crippen LogP contribution in [0.3, 0.4) is 0 Å². The number of amides is 1. The van der Waals surface area contributed by atoms with Crippen LogP contribution in [-0.2, 0) is 4.74 Å². The number of carbonyl (C=O) groups is 1. The van der Waals surface area contributed by atoms with Gasteiger partial charge in [0.2, 0.25) is 0 Å². The van der Waals surface area contributed by atoms with Crippen LogP contribution in [0.15, 0.2) is 54.6 Å². The van der Waals surface area contributed by atoms with Crippen molar-refractivity contribution in [2.45, 2.75) is 64.6 Å². The monoisotopic (exact) mass is 394 g/mol. The van der Waals surface area contributed by atoms with Gasteiger partial charge in [-0.25, -0.2) is 4.79 Å². The Kier molecular flexibility index (Phi) is 6.63. The fourth-order valence-electron chi connectivity index (χ4n) is 4.02. The topological polar surface area (TPSA) is 41.6 Å². The fourth-order valence-corrected chi connectivity index (χ4v) is 4.02. The Morgan fingerprint density at radius 2 is 1.76 bits per heavy atom. The predicted octanol–water partition coefficient (Wildman–Crippen LogP) is 5.44. The second kappa shape index (κ2) is 9.00. The zero-order chi connectivity index (χ0) is 21.0. The Bertz CT molecular complexity index is 811. The molecule has 2 aromatic rings. The fraction of sp³-hybridized carbons (Fsp3) is 0.480. The Morgan fingerprint density at radius 3 is 2.41 bits per heavy atom. The van der Waals surface area contributed by atoms with Crippen LogP contribution in [0.2, 0.25) is 0 Å². The van der Waals surface area contributed by atoms with Gasteiger partial charge in [0.25, 0.3) is 0 Å². The SMILES string of the molecule is CC(C)N[C@H]1CN(C(=O)OC(C)(C)C)CCC1c1cccc(-c2ccccc2)c1. The third kappa shape index (κ3) is 5.83. The maximum absolute atomic E-state index is 12.6. The van der Waals surface area contributed by atoms with Gasteiger partial charge in [0.1, 0.15) is 5.60 Å². The van der Waals surface area contributed by atoms with Crippen LogP contribution in [0.5, 0.6) is 0 Å². The number of likely N-dealkylation sites (tertiary alicyclic amines) is 1. The molecule has 29 heavy (non-hydrogen) atoms. The van der Waals surface area contributed by atoms with E-state index in [4.69, 9.17) is 4.74 Å². The number of rotatable bonds is 4. The molecule has 3 rings (SSSR count). The van der Waals surface area contributed by atoms with E-state index in [1.807, 2.05) is 31.7 Å². The van der Waals surface area contributed by atoms with Crippen LogP contribution in [-0.4, -0.2) is 41.8 Å². The molecule has 1 unspecified atom stereocenters. The molecule has 1 fully saturated rings. The minimum Gasteiger partial charge on any atom is -0.444 e. The van der Waals surface area contributed by atoms with Crippen molar-refractivity contribution in [2.75, 3.05) is 13.1 Å². The Labute approximate surface area is 175 Å². The number of benzene rings is 2. The van der Waals surface area contributed by atoms with Crippen molar-refractivity contribution in [3.05, 3.63) is 60.2 Å². The van der Waals surface area contributed by atoms with Crippen molar-refractivity contribution >= 4 is 6.09 Å². The Balaban J connectivity index is 1.81. The third-order valence-electron chi connectivity index (χ3n) is 5.23.